The van der Waals surface area contributed by atoms with Crippen LogP contribution in [-0.4, -0.2) is 26.4 Å². The molecule has 128 valence electrons. The molecule has 0 saturated carbocycles. The van der Waals surface area contributed by atoms with Crippen LogP contribution in [0.4, 0.5) is 10.1 Å². The zero-order chi connectivity index (χ0) is 17.8. The van der Waals surface area contributed by atoms with E-state index in [9.17, 15) is 9.18 Å². The lowest BCUT2D eigenvalue weighted by Gasteiger charge is -2.07. The zero-order valence-corrected chi connectivity index (χ0v) is 16.2. The van der Waals surface area contributed by atoms with Crippen LogP contribution < -0.4 is 5.32 Å². The van der Waals surface area contributed by atoms with Gasteiger partial charge >= 0.3 is 0 Å². The van der Waals surface area contributed by atoms with E-state index in [1.165, 1.54) is 23.9 Å². The van der Waals surface area contributed by atoms with E-state index in [1.54, 1.807) is 16.7 Å². The SMILES string of the molecule is Cn1c(SCC(=O)Nc2ccccc2I)nnc1-c1ccc(F)cc1. The number of nitrogens with zero attached hydrogens (tertiary/aromatic N) is 3. The van der Waals surface area contributed by atoms with Crippen molar-refractivity contribution in [3.05, 3.63) is 57.9 Å². The minimum atomic E-state index is -0.298. The second kappa shape index (κ2) is 7.96. The lowest BCUT2D eigenvalue weighted by molar-refractivity contribution is -0.113. The molecule has 0 bridgehead atoms. The zero-order valence-electron chi connectivity index (χ0n) is 13.2. The molecule has 5 nitrogen and oxygen atoms in total. The second-order valence-electron chi connectivity index (χ2n) is 5.19. The molecule has 0 saturated heterocycles. The quantitative estimate of drug-likeness (QED) is 0.455. The van der Waals surface area contributed by atoms with Gasteiger partial charge in [-0.3, -0.25) is 4.79 Å². The maximum absolute atomic E-state index is 13.0. The summed E-state index contributed by atoms with van der Waals surface area (Å²) in [6.45, 7) is 0. The molecule has 0 radical (unpaired) electrons. The molecular weight excluding hydrogens is 454 g/mol. The van der Waals surface area contributed by atoms with Crippen molar-refractivity contribution >= 4 is 45.9 Å². The van der Waals surface area contributed by atoms with Crippen LogP contribution in [0.1, 0.15) is 0 Å². The number of amides is 1. The molecule has 3 rings (SSSR count). The van der Waals surface area contributed by atoms with Crippen molar-refractivity contribution < 1.29 is 9.18 Å². The van der Waals surface area contributed by atoms with Crippen molar-refractivity contribution in [2.45, 2.75) is 5.16 Å². The first-order valence-corrected chi connectivity index (χ1v) is 9.43. The van der Waals surface area contributed by atoms with Gasteiger partial charge in [-0.1, -0.05) is 23.9 Å². The summed E-state index contributed by atoms with van der Waals surface area (Å²) in [6.07, 6.45) is 0. The average molecular weight is 468 g/mol. The predicted octanol–water partition coefficient (Wildman–Crippen LogP) is 3.96. The molecule has 1 N–H and O–H groups in total. The van der Waals surface area contributed by atoms with E-state index in [-0.39, 0.29) is 17.5 Å². The standard InChI is InChI=1S/C17H14FIN4OS/c1-23-16(11-6-8-12(18)9-7-11)21-22-17(23)25-10-15(24)20-14-5-3-2-4-13(14)19/h2-9H,10H2,1H3,(H,20,24). The number of hydrogen-bond acceptors (Lipinski definition) is 4. The van der Waals surface area contributed by atoms with Crippen LogP contribution in [0.5, 0.6) is 0 Å². The summed E-state index contributed by atoms with van der Waals surface area (Å²) in [7, 11) is 1.82. The molecule has 0 aliphatic heterocycles. The summed E-state index contributed by atoms with van der Waals surface area (Å²) in [5.74, 6) is 0.439. The van der Waals surface area contributed by atoms with Crippen molar-refractivity contribution in [1.82, 2.24) is 14.8 Å². The number of thioether (sulfide) groups is 1. The topological polar surface area (TPSA) is 59.8 Å². The molecule has 0 spiro atoms. The van der Waals surface area contributed by atoms with Crippen LogP contribution in [0.15, 0.2) is 53.7 Å². The summed E-state index contributed by atoms with van der Waals surface area (Å²) >= 11 is 3.48. The minimum Gasteiger partial charge on any atom is -0.324 e. The lowest BCUT2D eigenvalue weighted by Crippen LogP contribution is -2.15. The van der Waals surface area contributed by atoms with Gasteiger partial charge in [-0.2, -0.15) is 0 Å². The smallest absolute Gasteiger partial charge is 0.234 e. The number of carbonyl (C=O) groups excluding carboxylic acids is 1. The molecule has 0 unspecified atom stereocenters. The van der Waals surface area contributed by atoms with E-state index >= 15 is 0 Å². The highest BCUT2D eigenvalue weighted by Gasteiger charge is 2.13. The Morgan fingerprint density at radius 2 is 1.92 bits per heavy atom. The van der Waals surface area contributed by atoms with Crippen LogP contribution >= 0.6 is 34.4 Å². The Morgan fingerprint density at radius 1 is 1.20 bits per heavy atom. The van der Waals surface area contributed by atoms with Gasteiger partial charge in [-0.05, 0) is 59.0 Å². The third kappa shape index (κ3) is 4.37. The molecule has 3 aromatic rings. The fourth-order valence-electron chi connectivity index (χ4n) is 2.17. The molecule has 0 aliphatic carbocycles. The summed E-state index contributed by atoms with van der Waals surface area (Å²) in [6, 6.07) is 13.7. The second-order valence-corrected chi connectivity index (χ2v) is 7.29. The van der Waals surface area contributed by atoms with Crippen LogP contribution in [0.25, 0.3) is 11.4 Å². The fraction of sp³-hybridized carbons (Fsp3) is 0.118. The molecule has 0 aliphatic rings. The monoisotopic (exact) mass is 468 g/mol. The Morgan fingerprint density at radius 3 is 2.64 bits per heavy atom. The maximum Gasteiger partial charge on any atom is 0.234 e. The number of carbonyl (C=O) groups is 1. The van der Waals surface area contributed by atoms with E-state index < -0.39 is 0 Å². The first kappa shape index (κ1) is 17.9. The van der Waals surface area contributed by atoms with Crippen LogP contribution in [0, 0.1) is 9.39 Å². The molecule has 25 heavy (non-hydrogen) atoms. The molecule has 0 fully saturated rings. The summed E-state index contributed by atoms with van der Waals surface area (Å²) in [5, 5.41) is 11.7. The van der Waals surface area contributed by atoms with Gasteiger partial charge in [0.2, 0.25) is 5.91 Å². The Balaban J connectivity index is 1.65. The number of rotatable bonds is 5. The van der Waals surface area contributed by atoms with Gasteiger partial charge < -0.3 is 9.88 Å². The Bertz CT molecular complexity index is 898. The van der Waals surface area contributed by atoms with Crippen molar-refractivity contribution in [3.63, 3.8) is 0 Å². The van der Waals surface area contributed by atoms with E-state index in [1.807, 2.05) is 31.3 Å². The predicted molar refractivity (Wildman–Crippen MR) is 105 cm³/mol. The van der Waals surface area contributed by atoms with Crippen molar-refractivity contribution in [2.24, 2.45) is 7.05 Å². The van der Waals surface area contributed by atoms with Crippen molar-refractivity contribution in [1.29, 1.82) is 0 Å². The number of nitrogens with one attached hydrogen (secondary N) is 1. The first-order valence-electron chi connectivity index (χ1n) is 7.37. The number of anilines is 1. The van der Waals surface area contributed by atoms with E-state index in [4.69, 9.17) is 0 Å². The Hall–Kier alpha value is -1.94. The summed E-state index contributed by atoms with van der Waals surface area (Å²) in [4.78, 5) is 12.1. The van der Waals surface area contributed by atoms with Crippen molar-refractivity contribution in [3.8, 4) is 11.4 Å². The molecule has 2 aromatic carbocycles. The number of benzene rings is 2. The third-order valence-electron chi connectivity index (χ3n) is 3.42. The van der Waals surface area contributed by atoms with Crippen LogP contribution in [0.2, 0.25) is 0 Å². The van der Waals surface area contributed by atoms with Crippen LogP contribution in [0.3, 0.4) is 0 Å². The van der Waals surface area contributed by atoms with Gasteiger partial charge in [0.15, 0.2) is 11.0 Å². The molecule has 8 heteroatoms. The Labute approximate surface area is 162 Å². The van der Waals surface area contributed by atoms with Gasteiger partial charge in [-0.15, -0.1) is 10.2 Å². The fourth-order valence-corrected chi connectivity index (χ4v) is 3.40. The van der Waals surface area contributed by atoms with Crippen LogP contribution in [-0.2, 0) is 11.8 Å². The maximum atomic E-state index is 13.0. The molecular formula is C17H14FIN4OS. The summed E-state index contributed by atoms with van der Waals surface area (Å²) < 4.78 is 15.8. The number of halogens is 2. The van der Waals surface area contributed by atoms with E-state index in [2.05, 4.69) is 38.1 Å². The molecule has 1 heterocycles. The van der Waals surface area contributed by atoms with Gasteiger partial charge in [0.05, 0.1) is 11.4 Å². The van der Waals surface area contributed by atoms with Gasteiger partial charge in [0.25, 0.3) is 0 Å². The number of para-hydroxylation sites is 1. The van der Waals surface area contributed by atoms with Gasteiger partial charge in [-0.25, -0.2) is 4.39 Å². The molecule has 1 amide bonds. The van der Waals surface area contributed by atoms with E-state index in [0.29, 0.717) is 11.0 Å². The highest BCUT2D eigenvalue weighted by atomic mass is 127. The number of hydrogen-bond donors (Lipinski definition) is 1. The number of aromatic nitrogens is 3. The lowest BCUT2D eigenvalue weighted by atomic mass is 10.2. The highest BCUT2D eigenvalue weighted by Crippen LogP contribution is 2.23. The largest absolute Gasteiger partial charge is 0.324 e. The third-order valence-corrected chi connectivity index (χ3v) is 5.38. The first-order chi connectivity index (χ1) is 12.0. The average Bonchev–Trinajstić information content (AvgIpc) is 2.97. The highest BCUT2D eigenvalue weighted by molar-refractivity contribution is 14.1. The van der Waals surface area contributed by atoms with Gasteiger partial charge in [0.1, 0.15) is 5.82 Å². The van der Waals surface area contributed by atoms with E-state index in [0.717, 1.165) is 14.8 Å². The molecule has 1 aromatic heterocycles. The van der Waals surface area contributed by atoms with Gasteiger partial charge in [0, 0.05) is 16.2 Å². The normalized spacial score (nSPS) is 10.7. The minimum absolute atomic E-state index is 0.111. The molecule has 0 atom stereocenters. The summed E-state index contributed by atoms with van der Waals surface area (Å²) in [5.41, 5.74) is 1.56. The van der Waals surface area contributed by atoms with Crippen molar-refractivity contribution in [2.75, 3.05) is 11.1 Å². The Kier molecular flexibility index (Phi) is 5.69.